The van der Waals surface area contributed by atoms with Gasteiger partial charge in [0, 0.05) is 11.8 Å². The lowest BCUT2D eigenvalue weighted by Gasteiger charge is -2.32. The van der Waals surface area contributed by atoms with Crippen molar-refractivity contribution in [2.45, 2.75) is 64.1 Å². The Balaban J connectivity index is 2.46. The van der Waals surface area contributed by atoms with Crippen LogP contribution in [0.2, 0.25) is 0 Å². The van der Waals surface area contributed by atoms with Crippen molar-refractivity contribution in [2.24, 2.45) is 5.73 Å². The van der Waals surface area contributed by atoms with Gasteiger partial charge in [-0.2, -0.15) is 0 Å². The van der Waals surface area contributed by atoms with Crippen LogP contribution in [0.25, 0.3) is 0 Å². The fraction of sp³-hybridized carbons (Fsp3) is 1.00. The summed E-state index contributed by atoms with van der Waals surface area (Å²) in [7, 11) is -0.291. The predicted molar refractivity (Wildman–Crippen MR) is 68.6 cm³/mol. The van der Waals surface area contributed by atoms with E-state index in [9.17, 15) is 0 Å². The number of unbranched alkanes of at least 4 members (excludes halogenated alkanes) is 1. The van der Waals surface area contributed by atoms with Gasteiger partial charge in [0.25, 0.3) is 0 Å². The topological polar surface area (TPSA) is 44.5 Å². The maximum atomic E-state index is 6.07. The molecule has 0 aliphatic carbocycles. The number of halogens is 1. The highest BCUT2D eigenvalue weighted by molar-refractivity contribution is 6.47. The smallest absolute Gasteiger partial charge is 0.402 e. The van der Waals surface area contributed by atoms with Crippen LogP contribution < -0.4 is 5.73 Å². The van der Waals surface area contributed by atoms with E-state index in [0.717, 1.165) is 19.3 Å². The third-order valence-electron chi connectivity index (χ3n) is 3.54. The van der Waals surface area contributed by atoms with E-state index in [0.29, 0.717) is 5.88 Å². The summed E-state index contributed by atoms with van der Waals surface area (Å²) < 4.78 is 11.8. The second-order valence-electron chi connectivity index (χ2n) is 5.47. The van der Waals surface area contributed by atoms with E-state index in [1.165, 1.54) is 0 Å². The minimum Gasteiger partial charge on any atom is -0.402 e. The van der Waals surface area contributed by atoms with E-state index in [2.05, 4.69) is 0 Å². The maximum Gasteiger partial charge on any atom is 0.475 e. The molecule has 0 saturated carbocycles. The number of alkyl halides is 1. The molecule has 94 valence electrons. The lowest BCUT2D eigenvalue weighted by atomic mass is 9.76. The highest BCUT2D eigenvalue weighted by atomic mass is 35.5. The molecule has 1 aliphatic rings. The average Bonchev–Trinajstić information content (AvgIpc) is 2.36. The molecular formula is C11H23BClNO2. The van der Waals surface area contributed by atoms with Gasteiger partial charge in [-0.1, -0.05) is 6.42 Å². The molecule has 1 rings (SSSR count). The summed E-state index contributed by atoms with van der Waals surface area (Å²) in [6, 6.07) is 0. The first kappa shape index (κ1) is 14.3. The molecule has 1 fully saturated rings. The maximum absolute atomic E-state index is 6.07. The summed E-state index contributed by atoms with van der Waals surface area (Å²) in [6.07, 6.45) is 2.91. The zero-order valence-electron chi connectivity index (χ0n) is 10.8. The Kier molecular flexibility index (Phi) is 4.70. The van der Waals surface area contributed by atoms with Crippen LogP contribution in [-0.4, -0.2) is 30.1 Å². The SMILES string of the molecule is CC1(C)OB(C(N)CCCCCl)OC1(C)C. The predicted octanol–water partition coefficient (Wildman–Crippen LogP) is 2.35. The second kappa shape index (κ2) is 5.26. The van der Waals surface area contributed by atoms with Crippen LogP contribution in [-0.2, 0) is 9.31 Å². The van der Waals surface area contributed by atoms with Gasteiger partial charge in [0.15, 0.2) is 0 Å². The lowest BCUT2D eigenvalue weighted by Crippen LogP contribution is -2.41. The molecule has 1 heterocycles. The summed E-state index contributed by atoms with van der Waals surface area (Å²) in [5, 5.41) is 0. The molecule has 1 aliphatic heterocycles. The lowest BCUT2D eigenvalue weighted by molar-refractivity contribution is 0.00578. The first-order valence-corrected chi connectivity index (χ1v) is 6.51. The van der Waals surface area contributed by atoms with Gasteiger partial charge in [-0.25, -0.2) is 0 Å². The van der Waals surface area contributed by atoms with Crippen molar-refractivity contribution in [3.8, 4) is 0 Å². The Morgan fingerprint density at radius 3 is 2.06 bits per heavy atom. The largest absolute Gasteiger partial charge is 0.475 e. The second-order valence-corrected chi connectivity index (χ2v) is 5.85. The summed E-state index contributed by atoms with van der Waals surface area (Å²) in [6.45, 7) is 8.16. The first-order valence-electron chi connectivity index (χ1n) is 5.97. The van der Waals surface area contributed by atoms with E-state index in [1.807, 2.05) is 27.7 Å². The molecule has 1 unspecified atom stereocenters. The van der Waals surface area contributed by atoms with Gasteiger partial charge in [-0.15, -0.1) is 11.6 Å². The van der Waals surface area contributed by atoms with Crippen molar-refractivity contribution in [1.29, 1.82) is 0 Å². The monoisotopic (exact) mass is 247 g/mol. The van der Waals surface area contributed by atoms with E-state index >= 15 is 0 Å². The van der Waals surface area contributed by atoms with E-state index in [4.69, 9.17) is 26.6 Å². The minimum atomic E-state index is -0.291. The highest BCUT2D eigenvalue weighted by Crippen LogP contribution is 2.37. The van der Waals surface area contributed by atoms with Gasteiger partial charge in [0.05, 0.1) is 11.2 Å². The number of hydrogen-bond acceptors (Lipinski definition) is 3. The molecule has 0 aromatic rings. The molecule has 0 bridgehead atoms. The van der Waals surface area contributed by atoms with Gasteiger partial charge in [-0.05, 0) is 40.5 Å². The van der Waals surface area contributed by atoms with Crippen LogP contribution in [0.3, 0.4) is 0 Å². The Hall–Kier alpha value is 0.235. The van der Waals surface area contributed by atoms with Crippen LogP contribution >= 0.6 is 11.6 Å². The van der Waals surface area contributed by atoms with Crippen molar-refractivity contribution in [3.63, 3.8) is 0 Å². The number of hydrogen-bond donors (Lipinski definition) is 1. The average molecular weight is 248 g/mol. The molecule has 0 aromatic carbocycles. The van der Waals surface area contributed by atoms with Crippen molar-refractivity contribution in [2.75, 3.05) is 5.88 Å². The van der Waals surface area contributed by atoms with Crippen molar-refractivity contribution < 1.29 is 9.31 Å². The van der Waals surface area contributed by atoms with E-state index < -0.39 is 0 Å². The molecule has 2 N–H and O–H groups in total. The summed E-state index contributed by atoms with van der Waals surface area (Å²) in [4.78, 5) is 0. The molecule has 0 radical (unpaired) electrons. The third-order valence-corrected chi connectivity index (χ3v) is 3.81. The Labute approximate surface area is 104 Å². The molecule has 1 atom stereocenters. The highest BCUT2D eigenvalue weighted by Gasteiger charge is 2.52. The van der Waals surface area contributed by atoms with Crippen molar-refractivity contribution in [3.05, 3.63) is 0 Å². The van der Waals surface area contributed by atoms with Crippen LogP contribution in [0.4, 0.5) is 0 Å². The van der Waals surface area contributed by atoms with Crippen LogP contribution in [0.5, 0.6) is 0 Å². The van der Waals surface area contributed by atoms with Gasteiger partial charge in [0.2, 0.25) is 0 Å². The molecule has 5 heteroatoms. The molecule has 0 aromatic heterocycles. The Bertz CT molecular complexity index is 220. The summed E-state index contributed by atoms with van der Waals surface area (Å²) >= 11 is 5.63. The molecule has 3 nitrogen and oxygen atoms in total. The minimum absolute atomic E-state index is 0.0655. The van der Waals surface area contributed by atoms with Gasteiger partial charge in [0.1, 0.15) is 0 Å². The van der Waals surface area contributed by atoms with Crippen LogP contribution in [0, 0.1) is 0 Å². The molecule has 16 heavy (non-hydrogen) atoms. The number of rotatable bonds is 5. The number of nitrogens with two attached hydrogens (primary N) is 1. The Morgan fingerprint density at radius 1 is 1.12 bits per heavy atom. The normalized spacial score (nSPS) is 24.8. The zero-order valence-corrected chi connectivity index (χ0v) is 11.5. The quantitative estimate of drug-likeness (QED) is 0.461. The zero-order chi connectivity index (χ0) is 12.4. The molecule has 0 amide bonds. The van der Waals surface area contributed by atoms with Crippen LogP contribution in [0.15, 0.2) is 0 Å². The summed E-state index contributed by atoms with van der Waals surface area (Å²) in [5.74, 6) is 0.625. The van der Waals surface area contributed by atoms with E-state index in [-0.39, 0.29) is 24.3 Å². The summed E-state index contributed by atoms with van der Waals surface area (Å²) in [5.41, 5.74) is 5.49. The van der Waals surface area contributed by atoms with E-state index in [1.54, 1.807) is 0 Å². The Morgan fingerprint density at radius 2 is 1.62 bits per heavy atom. The molecule has 0 spiro atoms. The van der Waals surface area contributed by atoms with Crippen molar-refractivity contribution >= 4 is 18.7 Å². The van der Waals surface area contributed by atoms with Gasteiger partial charge in [-0.3, -0.25) is 0 Å². The van der Waals surface area contributed by atoms with Gasteiger partial charge < -0.3 is 15.0 Å². The van der Waals surface area contributed by atoms with Crippen molar-refractivity contribution in [1.82, 2.24) is 0 Å². The van der Waals surface area contributed by atoms with Crippen LogP contribution in [0.1, 0.15) is 47.0 Å². The fourth-order valence-corrected chi connectivity index (χ4v) is 1.86. The first-order chi connectivity index (χ1) is 7.30. The third kappa shape index (κ3) is 3.13. The molecular weight excluding hydrogens is 224 g/mol. The fourth-order valence-electron chi connectivity index (χ4n) is 1.67. The standard InChI is InChI=1S/C11H23BClNO2/c1-10(2)11(3,4)16-12(15-10)9(14)7-5-6-8-13/h9H,5-8,14H2,1-4H3. The molecule has 1 saturated heterocycles. The van der Waals surface area contributed by atoms with Gasteiger partial charge >= 0.3 is 7.12 Å².